The lowest BCUT2D eigenvalue weighted by Gasteiger charge is -2.20. The van der Waals surface area contributed by atoms with Gasteiger partial charge in [0.2, 0.25) is 10.0 Å². The number of aromatic nitrogens is 2. The van der Waals surface area contributed by atoms with Gasteiger partial charge in [-0.2, -0.15) is 4.31 Å². The fourth-order valence-corrected chi connectivity index (χ4v) is 6.35. The minimum absolute atomic E-state index is 0.0708. The molecule has 2 aromatic heterocycles. The fraction of sp³-hybridized carbons (Fsp3) is 0.269. The van der Waals surface area contributed by atoms with Crippen LogP contribution < -0.4 is 4.90 Å². The first-order chi connectivity index (χ1) is 16.7. The molecule has 180 valence electrons. The predicted molar refractivity (Wildman–Crippen MR) is 138 cm³/mol. The van der Waals surface area contributed by atoms with Crippen molar-refractivity contribution in [1.82, 2.24) is 14.3 Å². The van der Waals surface area contributed by atoms with Gasteiger partial charge in [-0.05, 0) is 86.3 Å². The molecule has 1 fully saturated rings. The van der Waals surface area contributed by atoms with Crippen molar-refractivity contribution >= 4 is 42.6 Å². The smallest absolute Gasteiger partial charge is 0.260 e. The number of hydrogen-bond donors (Lipinski definition) is 0. The zero-order chi connectivity index (χ0) is 24.7. The topological polar surface area (TPSA) is 83.5 Å². The number of carbonyl (C=O) groups is 1. The Morgan fingerprint density at radius 2 is 1.77 bits per heavy atom. The summed E-state index contributed by atoms with van der Waals surface area (Å²) < 4.78 is 28.1. The molecule has 35 heavy (non-hydrogen) atoms. The molecule has 0 radical (unpaired) electrons. The van der Waals surface area contributed by atoms with Gasteiger partial charge in [-0.1, -0.05) is 17.4 Å². The predicted octanol–water partition coefficient (Wildman–Crippen LogP) is 4.94. The Kier molecular flexibility index (Phi) is 6.16. The molecule has 1 amide bonds. The van der Waals surface area contributed by atoms with Crippen molar-refractivity contribution in [2.24, 2.45) is 0 Å². The highest BCUT2D eigenvalue weighted by molar-refractivity contribution is 7.89. The third kappa shape index (κ3) is 4.71. The molecule has 0 saturated heterocycles. The third-order valence-corrected chi connectivity index (χ3v) is 9.32. The van der Waals surface area contributed by atoms with E-state index in [0.717, 1.165) is 34.3 Å². The molecule has 0 N–H and O–H groups in total. The van der Waals surface area contributed by atoms with E-state index >= 15 is 0 Å². The molecule has 9 heteroatoms. The van der Waals surface area contributed by atoms with Gasteiger partial charge in [0.05, 0.1) is 27.4 Å². The Morgan fingerprint density at radius 3 is 2.43 bits per heavy atom. The van der Waals surface area contributed by atoms with Crippen LogP contribution >= 0.6 is 11.3 Å². The maximum absolute atomic E-state index is 13.7. The van der Waals surface area contributed by atoms with Crippen LogP contribution in [0.5, 0.6) is 0 Å². The molecule has 0 atom stereocenters. The van der Waals surface area contributed by atoms with Crippen LogP contribution in [0, 0.1) is 13.8 Å². The largest absolute Gasteiger partial charge is 0.278 e. The van der Waals surface area contributed by atoms with E-state index in [1.54, 1.807) is 30.3 Å². The maximum atomic E-state index is 13.7. The van der Waals surface area contributed by atoms with E-state index in [0.29, 0.717) is 10.7 Å². The monoisotopic (exact) mass is 506 g/mol. The van der Waals surface area contributed by atoms with Crippen LogP contribution in [0.1, 0.15) is 40.0 Å². The zero-order valence-corrected chi connectivity index (χ0v) is 21.4. The van der Waals surface area contributed by atoms with Crippen molar-refractivity contribution in [2.45, 2.75) is 44.2 Å². The maximum Gasteiger partial charge on any atom is 0.260 e. The second kappa shape index (κ2) is 9.14. The van der Waals surface area contributed by atoms with Gasteiger partial charge in [-0.15, -0.1) is 0 Å². The number of anilines is 1. The Balaban J connectivity index is 1.49. The van der Waals surface area contributed by atoms with Gasteiger partial charge in [0, 0.05) is 24.8 Å². The molecule has 2 heterocycles. The Labute approximate surface area is 209 Å². The number of nitrogens with zero attached hydrogens (tertiary/aromatic N) is 4. The van der Waals surface area contributed by atoms with Crippen molar-refractivity contribution in [3.63, 3.8) is 0 Å². The molecule has 2 aromatic carbocycles. The van der Waals surface area contributed by atoms with E-state index in [2.05, 4.69) is 18.0 Å². The summed E-state index contributed by atoms with van der Waals surface area (Å²) in [6, 6.07) is 15.9. The van der Waals surface area contributed by atoms with E-state index < -0.39 is 10.0 Å². The Morgan fingerprint density at radius 1 is 1.06 bits per heavy atom. The Bertz CT molecular complexity index is 1460. The first kappa shape index (κ1) is 23.6. The van der Waals surface area contributed by atoms with Gasteiger partial charge in [-0.25, -0.2) is 13.4 Å². The van der Waals surface area contributed by atoms with Gasteiger partial charge in [0.15, 0.2) is 5.13 Å². The second-order valence-electron chi connectivity index (χ2n) is 8.89. The number of pyridine rings is 1. The molecule has 4 aromatic rings. The molecule has 1 aliphatic rings. The molecule has 0 bridgehead atoms. The van der Waals surface area contributed by atoms with Crippen LogP contribution in [0.2, 0.25) is 0 Å². The molecular formula is C26H26N4O3S2. The van der Waals surface area contributed by atoms with Crippen molar-refractivity contribution in [3.05, 3.63) is 83.2 Å². The highest BCUT2D eigenvalue weighted by atomic mass is 32.2. The lowest BCUT2D eigenvalue weighted by Crippen LogP contribution is -2.31. The quantitative estimate of drug-likeness (QED) is 0.355. The lowest BCUT2D eigenvalue weighted by atomic mass is 10.1. The standard InChI is InChI=1S/C26H26N4O3S2/c1-17-14-23-24(15-18(17)2)34-26(28-23)30(16-20-6-4-5-13-27-20)25(31)19-7-11-22(12-8-19)35(32,33)29(3)21-9-10-21/h4-8,11-15,21H,9-10,16H2,1-3H3. The molecule has 0 spiro atoms. The van der Waals surface area contributed by atoms with Crippen LogP contribution in [-0.2, 0) is 16.6 Å². The van der Waals surface area contributed by atoms with E-state index in [4.69, 9.17) is 4.98 Å². The minimum Gasteiger partial charge on any atom is -0.278 e. The molecule has 1 saturated carbocycles. The average molecular weight is 507 g/mol. The molecule has 5 rings (SSSR count). The van der Waals surface area contributed by atoms with Crippen LogP contribution in [-0.4, -0.2) is 41.7 Å². The van der Waals surface area contributed by atoms with Crippen molar-refractivity contribution in [1.29, 1.82) is 0 Å². The highest BCUT2D eigenvalue weighted by Crippen LogP contribution is 2.33. The number of carbonyl (C=O) groups excluding carboxylic acids is 1. The molecule has 7 nitrogen and oxygen atoms in total. The van der Waals surface area contributed by atoms with Gasteiger partial charge >= 0.3 is 0 Å². The molecule has 0 aliphatic heterocycles. The first-order valence-corrected chi connectivity index (χ1v) is 13.7. The number of sulfonamides is 1. The minimum atomic E-state index is -3.58. The van der Waals surface area contributed by atoms with Gasteiger partial charge in [-0.3, -0.25) is 14.7 Å². The second-order valence-corrected chi connectivity index (χ2v) is 11.9. The summed E-state index contributed by atoms with van der Waals surface area (Å²) in [5.41, 5.74) is 4.28. The zero-order valence-electron chi connectivity index (χ0n) is 19.8. The van der Waals surface area contributed by atoms with Gasteiger partial charge < -0.3 is 0 Å². The fourth-order valence-electron chi connectivity index (χ4n) is 3.89. The number of thiazole rings is 1. The average Bonchev–Trinajstić information content (AvgIpc) is 3.63. The molecule has 0 unspecified atom stereocenters. The van der Waals surface area contributed by atoms with Gasteiger partial charge in [0.25, 0.3) is 5.91 Å². The van der Waals surface area contributed by atoms with Crippen molar-refractivity contribution in [3.8, 4) is 0 Å². The summed E-state index contributed by atoms with van der Waals surface area (Å²) in [6.45, 7) is 4.35. The number of aryl methyl sites for hydroxylation is 2. The lowest BCUT2D eigenvalue weighted by molar-refractivity contribution is 0.0984. The number of fused-ring (bicyclic) bond motifs is 1. The number of hydrogen-bond acceptors (Lipinski definition) is 6. The van der Waals surface area contributed by atoms with Crippen LogP contribution in [0.4, 0.5) is 5.13 Å². The van der Waals surface area contributed by atoms with Gasteiger partial charge in [0.1, 0.15) is 0 Å². The van der Waals surface area contributed by atoms with E-state index in [1.807, 2.05) is 31.2 Å². The van der Waals surface area contributed by atoms with Crippen LogP contribution in [0.25, 0.3) is 10.2 Å². The summed E-state index contributed by atoms with van der Waals surface area (Å²) in [5, 5.41) is 0.575. The molecule has 1 aliphatic carbocycles. The van der Waals surface area contributed by atoms with Crippen molar-refractivity contribution in [2.75, 3.05) is 11.9 Å². The van der Waals surface area contributed by atoms with E-state index in [1.165, 1.54) is 33.3 Å². The Hall–Kier alpha value is -3.14. The molecular weight excluding hydrogens is 480 g/mol. The number of benzene rings is 2. The number of amides is 1. The summed E-state index contributed by atoms with van der Waals surface area (Å²) in [7, 11) is -1.97. The number of rotatable bonds is 7. The third-order valence-electron chi connectivity index (χ3n) is 6.35. The normalized spacial score (nSPS) is 13.9. The first-order valence-electron chi connectivity index (χ1n) is 11.4. The van der Waals surface area contributed by atoms with Crippen LogP contribution in [0.3, 0.4) is 0 Å². The SMILES string of the molecule is Cc1cc2nc(N(Cc3ccccn3)C(=O)c3ccc(S(=O)(=O)N(C)C4CC4)cc3)sc2cc1C. The van der Waals surface area contributed by atoms with Crippen molar-refractivity contribution < 1.29 is 13.2 Å². The summed E-state index contributed by atoms with van der Waals surface area (Å²) in [5.74, 6) is -0.261. The highest BCUT2D eigenvalue weighted by Gasteiger charge is 2.35. The van der Waals surface area contributed by atoms with E-state index in [-0.39, 0.29) is 23.4 Å². The van der Waals surface area contributed by atoms with Crippen LogP contribution in [0.15, 0.2) is 65.7 Å². The summed E-state index contributed by atoms with van der Waals surface area (Å²) >= 11 is 1.46. The van der Waals surface area contributed by atoms with E-state index in [9.17, 15) is 13.2 Å². The summed E-state index contributed by atoms with van der Waals surface area (Å²) in [4.78, 5) is 24.6. The summed E-state index contributed by atoms with van der Waals surface area (Å²) in [6.07, 6.45) is 3.46.